The number of hydrogen-bond acceptors (Lipinski definition) is 0. The van der Waals surface area contributed by atoms with E-state index in [-0.39, 0.29) is 0 Å². The van der Waals surface area contributed by atoms with Gasteiger partial charge in [-0.15, -0.1) is 0 Å². The molecule has 4 rings (SSSR count). The minimum absolute atomic E-state index is 1.38. The van der Waals surface area contributed by atoms with Gasteiger partial charge in [-0.25, -0.2) is 0 Å². The molecule has 3 aromatic carbocycles. The molecule has 4 aromatic rings. The molecule has 0 saturated heterocycles. The molecule has 0 spiro atoms. The fourth-order valence-electron chi connectivity index (χ4n) is 3.61. The second-order valence-electron chi connectivity index (χ2n) is 6.09. The molecular formula is C23H20NSi+. The molecule has 1 nitrogen and oxygen atoms in total. The summed E-state index contributed by atoms with van der Waals surface area (Å²) in [5.41, 5.74) is 0. The Bertz CT molecular complexity index is 759. The van der Waals surface area contributed by atoms with Crippen molar-refractivity contribution in [2.75, 3.05) is 0 Å². The average molecular weight is 339 g/mol. The predicted octanol–water partition coefficient (Wildman–Crippen LogP) is 2.49. The molecule has 1 aromatic heterocycles. The Kier molecular flexibility index (Phi) is 4.28. The molecule has 0 unspecified atom stereocenters. The number of nitrogens with zero attached hydrogens (tertiary/aromatic N) is 1. The number of hydrogen-bond donors (Lipinski definition) is 0. The summed E-state index contributed by atoms with van der Waals surface area (Å²) in [6.45, 7) is 0. The third-order valence-electron chi connectivity index (χ3n) is 4.68. The standard InChI is InChI=1S/C23H20NSi/c1-5-13-21(14-6-1)25(22-15-7-2-8-16-22,23-17-9-3-10-18-23)24-19-11-4-12-20-24/h1-20H/q+1. The number of benzene rings is 3. The van der Waals surface area contributed by atoms with E-state index in [1.807, 2.05) is 0 Å². The summed E-state index contributed by atoms with van der Waals surface area (Å²) in [6, 6.07) is 39.1. The summed E-state index contributed by atoms with van der Waals surface area (Å²) in [5, 5.41) is 4.14. The molecule has 0 N–H and O–H groups in total. The zero-order valence-corrected chi connectivity index (χ0v) is 15.0. The molecule has 0 aliphatic heterocycles. The molecule has 0 atom stereocenters. The van der Waals surface area contributed by atoms with Crippen molar-refractivity contribution in [3.63, 3.8) is 0 Å². The van der Waals surface area contributed by atoms with Crippen molar-refractivity contribution >= 4 is 23.8 Å². The normalized spacial score (nSPS) is 11.2. The first-order valence-corrected chi connectivity index (χ1v) is 10.5. The van der Waals surface area contributed by atoms with Gasteiger partial charge >= 0.3 is 8.24 Å². The first-order chi connectivity index (χ1) is 12.4. The second kappa shape index (κ2) is 6.87. The molecule has 1 heterocycles. The van der Waals surface area contributed by atoms with E-state index in [1.165, 1.54) is 15.6 Å². The molecule has 0 amide bonds. The molecule has 0 saturated carbocycles. The Labute approximate surface area is 149 Å². The van der Waals surface area contributed by atoms with Gasteiger partial charge in [0.25, 0.3) is 0 Å². The van der Waals surface area contributed by atoms with Gasteiger partial charge in [0.05, 0.1) is 0 Å². The van der Waals surface area contributed by atoms with Gasteiger partial charge in [-0.05, 0) is 12.1 Å². The van der Waals surface area contributed by atoms with E-state index in [2.05, 4.69) is 126 Å². The highest BCUT2D eigenvalue weighted by molar-refractivity contribution is 7.05. The highest BCUT2D eigenvalue weighted by atomic mass is 28.3. The lowest BCUT2D eigenvalue weighted by molar-refractivity contribution is -0.539. The van der Waals surface area contributed by atoms with Crippen molar-refractivity contribution in [1.29, 1.82) is 0 Å². The molecular weight excluding hydrogens is 318 g/mol. The smallest absolute Gasteiger partial charge is 0.269 e. The molecule has 0 radical (unpaired) electrons. The Morgan fingerprint density at radius 3 is 1.08 bits per heavy atom. The number of aromatic nitrogens is 1. The molecule has 0 bridgehead atoms. The van der Waals surface area contributed by atoms with Crippen molar-refractivity contribution < 1.29 is 4.23 Å². The zero-order chi connectivity index (χ0) is 17.0. The Balaban J connectivity index is 2.13. The molecule has 25 heavy (non-hydrogen) atoms. The van der Waals surface area contributed by atoms with E-state index in [9.17, 15) is 0 Å². The average Bonchev–Trinajstić information content (AvgIpc) is 2.72. The first-order valence-electron chi connectivity index (χ1n) is 8.56. The van der Waals surface area contributed by atoms with Crippen LogP contribution in [0.4, 0.5) is 0 Å². The van der Waals surface area contributed by atoms with Crippen LogP contribution in [0, 0.1) is 0 Å². The van der Waals surface area contributed by atoms with Gasteiger partial charge in [0.1, 0.15) is 12.4 Å². The van der Waals surface area contributed by atoms with E-state index in [0.717, 1.165) is 0 Å². The van der Waals surface area contributed by atoms with Crippen molar-refractivity contribution in [2.45, 2.75) is 0 Å². The van der Waals surface area contributed by atoms with E-state index in [0.29, 0.717) is 0 Å². The van der Waals surface area contributed by atoms with Crippen LogP contribution >= 0.6 is 0 Å². The van der Waals surface area contributed by atoms with Crippen LogP contribution in [0.5, 0.6) is 0 Å². The Morgan fingerprint density at radius 1 is 0.400 bits per heavy atom. The van der Waals surface area contributed by atoms with E-state index in [4.69, 9.17) is 0 Å². The highest BCUT2D eigenvalue weighted by Gasteiger charge is 2.52. The molecule has 120 valence electrons. The molecule has 0 aliphatic rings. The molecule has 0 aliphatic carbocycles. The van der Waals surface area contributed by atoms with Crippen LogP contribution in [0.3, 0.4) is 0 Å². The van der Waals surface area contributed by atoms with Crippen LogP contribution in [-0.2, 0) is 0 Å². The van der Waals surface area contributed by atoms with Crippen molar-refractivity contribution in [3.8, 4) is 0 Å². The summed E-state index contributed by atoms with van der Waals surface area (Å²) in [4.78, 5) is 0. The predicted molar refractivity (Wildman–Crippen MR) is 106 cm³/mol. The van der Waals surface area contributed by atoms with E-state index >= 15 is 0 Å². The van der Waals surface area contributed by atoms with Crippen LogP contribution in [-0.4, -0.2) is 8.24 Å². The largest absolute Gasteiger partial charge is 0.462 e. The Hall–Kier alpha value is -2.97. The summed E-state index contributed by atoms with van der Waals surface area (Å²) in [5.74, 6) is 0. The minimum atomic E-state index is -2.38. The maximum atomic E-state index is 2.44. The lowest BCUT2D eigenvalue weighted by Gasteiger charge is -2.26. The maximum Gasteiger partial charge on any atom is 0.462 e. The van der Waals surface area contributed by atoms with E-state index < -0.39 is 8.24 Å². The third-order valence-corrected chi connectivity index (χ3v) is 9.26. The quantitative estimate of drug-likeness (QED) is 0.398. The van der Waals surface area contributed by atoms with Gasteiger partial charge < -0.3 is 0 Å². The fourth-order valence-corrected chi connectivity index (χ4v) is 8.15. The van der Waals surface area contributed by atoms with Crippen molar-refractivity contribution in [3.05, 3.63) is 122 Å². The third kappa shape index (κ3) is 2.71. The highest BCUT2D eigenvalue weighted by Crippen LogP contribution is 2.05. The maximum absolute atomic E-state index is 2.44. The van der Waals surface area contributed by atoms with Gasteiger partial charge in [-0.3, -0.25) is 4.23 Å². The van der Waals surface area contributed by atoms with Gasteiger partial charge in [0.15, 0.2) is 0 Å². The van der Waals surface area contributed by atoms with Gasteiger partial charge in [0.2, 0.25) is 0 Å². The van der Waals surface area contributed by atoms with Crippen LogP contribution in [0.15, 0.2) is 122 Å². The van der Waals surface area contributed by atoms with Crippen LogP contribution in [0.1, 0.15) is 0 Å². The first kappa shape index (κ1) is 15.5. The summed E-state index contributed by atoms with van der Waals surface area (Å²) in [7, 11) is -2.38. The Morgan fingerprint density at radius 2 is 0.720 bits per heavy atom. The van der Waals surface area contributed by atoms with Crippen molar-refractivity contribution in [2.24, 2.45) is 0 Å². The van der Waals surface area contributed by atoms with E-state index in [1.54, 1.807) is 0 Å². The van der Waals surface area contributed by atoms with Crippen LogP contribution in [0.2, 0.25) is 0 Å². The SMILES string of the molecule is c1ccc([Si](c2ccccc2)(c2ccccc2)[n+]2ccccc2)cc1. The van der Waals surface area contributed by atoms with Crippen LogP contribution in [0.25, 0.3) is 0 Å². The second-order valence-corrected chi connectivity index (χ2v) is 9.76. The molecule has 2 heteroatoms. The van der Waals surface area contributed by atoms with Gasteiger partial charge in [-0.2, -0.15) is 0 Å². The van der Waals surface area contributed by atoms with Gasteiger partial charge in [0, 0.05) is 15.6 Å². The lowest BCUT2D eigenvalue weighted by Crippen LogP contribution is -2.84. The van der Waals surface area contributed by atoms with Crippen molar-refractivity contribution in [1.82, 2.24) is 0 Å². The number of pyridine rings is 1. The monoisotopic (exact) mass is 338 g/mol. The minimum Gasteiger partial charge on any atom is -0.269 e. The lowest BCUT2D eigenvalue weighted by atomic mass is 10.3. The topological polar surface area (TPSA) is 3.88 Å². The van der Waals surface area contributed by atoms with Crippen LogP contribution < -0.4 is 19.8 Å². The summed E-state index contributed by atoms with van der Waals surface area (Å²) in [6.07, 6.45) is 4.42. The fraction of sp³-hybridized carbons (Fsp3) is 0. The zero-order valence-electron chi connectivity index (χ0n) is 14.0. The van der Waals surface area contributed by atoms with Gasteiger partial charge in [-0.1, -0.05) is 97.1 Å². The summed E-state index contributed by atoms with van der Waals surface area (Å²) < 4.78 is 2.44. The number of rotatable bonds is 4. The molecule has 0 fully saturated rings. The summed E-state index contributed by atoms with van der Waals surface area (Å²) >= 11 is 0.